The standard InChI is InChI=1S/C23H20F3N3O4S2/c24-23(25,26)14-1-4-16(5-2-14)29-9-10-33-19-6-3-15(11-21(19)35(29,31)32)28-22(30)18-13-34-20-7-8-27-12-17(18)20/h1-6,11,13,27H,7-10,12H2,(H,28,30). The molecule has 0 spiro atoms. The lowest BCUT2D eigenvalue weighted by molar-refractivity contribution is -0.137. The van der Waals surface area contributed by atoms with Crippen LogP contribution in [0.4, 0.5) is 24.5 Å². The lowest BCUT2D eigenvalue weighted by atomic mass is 10.1. The van der Waals surface area contributed by atoms with Crippen LogP contribution >= 0.6 is 11.3 Å². The molecule has 12 heteroatoms. The molecule has 0 saturated heterocycles. The van der Waals surface area contributed by atoms with Gasteiger partial charge >= 0.3 is 6.18 Å². The maximum atomic E-state index is 13.5. The molecule has 2 aromatic carbocycles. The van der Waals surface area contributed by atoms with Gasteiger partial charge in [-0.15, -0.1) is 11.3 Å². The number of hydrogen-bond donors (Lipinski definition) is 2. The van der Waals surface area contributed by atoms with Gasteiger partial charge in [-0.05, 0) is 54.4 Å². The minimum absolute atomic E-state index is 0.00694. The smallest absolute Gasteiger partial charge is 0.416 e. The van der Waals surface area contributed by atoms with E-state index in [4.69, 9.17) is 4.74 Å². The summed E-state index contributed by atoms with van der Waals surface area (Å²) in [4.78, 5) is 13.9. The van der Waals surface area contributed by atoms with E-state index in [-0.39, 0.29) is 41.1 Å². The highest BCUT2D eigenvalue weighted by molar-refractivity contribution is 7.93. The molecule has 0 fully saturated rings. The van der Waals surface area contributed by atoms with E-state index >= 15 is 0 Å². The molecule has 1 aromatic heterocycles. The third-order valence-corrected chi connectivity index (χ3v) is 8.80. The van der Waals surface area contributed by atoms with Crippen molar-refractivity contribution in [1.82, 2.24) is 5.32 Å². The van der Waals surface area contributed by atoms with E-state index in [1.165, 1.54) is 23.5 Å². The van der Waals surface area contributed by atoms with Crippen molar-refractivity contribution in [2.24, 2.45) is 0 Å². The number of rotatable bonds is 3. The summed E-state index contributed by atoms with van der Waals surface area (Å²) >= 11 is 1.52. The van der Waals surface area contributed by atoms with Gasteiger partial charge in [0.2, 0.25) is 0 Å². The number of anilines is 2. The summed E-state index contributed by atoms with van der Waals surface area (Å²) in [6.07, 6.45) is -3.68. The van der Waals surface area contributed by atoms with Gasteiger partial charge in [-0.3, -0.25) is 9.10 Å². The second-order valence-electron chi connectivity index (χ2n) is 8.06. The van der Waals surface area contributed by atoms with Crippen LogP contribution in [0.25, 0.3) is 0 Å². The molecule has 3 aromatic rings. The quantitative estimate of drug-likeness (QED) is 0.536. The van der Waals surface area contributed by atoms with Gasteiger partial charge in [0, 0.05) is 29.0 Å². The Hall–Kier alpha value is -3.09. The van der Waals surface area contributed by atoms with E-state index in [1.54, 1.807) is 11.4 Å². The van der Waals surface area contributed by atoms with Gasteiger partial charge in [-0.25, -0.2) is 8.42 Å². The maximum Gasteiger partial charge on any atom is 0.416 e. The first kappa shape index (κ1) is 23.6. The minimum Gasteiger partial charge on any atom is -0.490 e. The number of benzene rings is 2. The number of alkyl halides is 3. The fourth-order valence-electron chi connectivity index (χ4n) is 4.10. The molecule has 0 aliphatic carbocycles. The van der Waals surface area contributed by atoms with Crippen LogP contribution in [0.1, 0.15) is 26.4 Å². The van der Waals surface area contributed by atoms with Crippen molar-refractivity contribution in [3.63, 3.8) is 0 Å². The third-order valence-electron chi connectivity index (χ3n) is 5.86. The molecule has 2 N–H and O–H groups in total. The normalized spacial score (nSPS) is 17.1. The Balaban J connectivity index is 1.44. The zero-order valence-electron chi connectivity index (χ0n) is 18.2. The van der Waals surface area contributed by atoms with E-state index in [1.807, 2.05) is 0 Å². The van der Waals surface area contributed by atoms with Crippen LogP contribution in [0.3, 0.4) is 0 Å². The minimum atomic E-state index is -4.53. The van der Waals surface area contributed by atoms with Crippen molar-refractivity contribution >= 4 is 38.6 Å². The lowest BCUT2D eigenvalue weighted by Crippen LogP contribution is -2.32. The largest absolute Gasteiger partial charge is 0.490 e. The third kappa shape index (κ3) is 4.48. The monoisotopic (exact) mass is 523 g/mol. The first-order valence-electron chi connectivity index (χ1n) is 10.7. The maximum absolute atomic E-state index is 13.5. The Bertz CT molecular complexity index is 1390. The summed E-state index contributed by atoms with van der Waals surface area (Å²) < 4.78 is 72.3. The van der Waals surface area contributed by atoms with E-state index < -0.39 is 21.8 Å². The van der Waals surface area contributed by atoms with E-state index in [9.17, 15) is 26.4 Å². The summed E-state index contributed by atoms with van der Waals surface area (Å²) in [6.45, 7) is 1.37. The van der Waals surface area contributed by atoms with Crippen LogP contribution in [0.15, 0.2) is 52.7 Å². The fraction of sp³-hybridized carbons (Fsp3) is 0.261. The van der Waals surface area contributed by atoms with Gasteiger partial charge in [0.15, 0.2) is 0 Å². The summed E-state index contributed by atoms with van der Waals surface area (Å²) in [5, 5.41) is 7.79. The molecule has 2 aliphatic heterocycles. The molecule has 7 nitrogen and oxygen atoms in total. The predicted octanol–water partition coefficient (Wildman–Crippen LogP) is 4.25. The molecule has 3 heterocycles. The van der Waals surface area contributed by atoms with Crippen LogP contribution in [0, 0.1) is 0 Å². The van der Waals surface area contributed by atoms with Crippen molar-refractivity contribution in [1.29, 1.82) is 0 Å². The van der Waals surface area contributed by atoms with E-state index in [2.05, 4.69) is 10.6 Å². The predicted molar refractivity (Wildman–Crippen MR) is 126 cm³/mol. The van der Waals surface area contributed by atoms with Crippen molar-refractivity contribution < 1.29 is 31.1 Å². The Morgan fingerprint density at radius 3 is 2.66 bits per heavy atom. The van der Waals surface area contributed by atoms with Crippen molar-refractivity contribution in [2.75, 3.05) is 29.3 Å². The number of halogens is 3. The van der Waals surface area contributed by atoms with Crippen LogP contribution in [0.2, 0.25) is 0 Å². The molecule has 0 bridgehead atoms. The topological polar surface area (TPSA) is 87.7 Å². The first-order chi connectivity index (χ1) is 16.6. The number of sulfonamides is 1. The number of carbonyl (C=O) groups excluding carboxylic acids is 1. The zero-order valence-corrected chi connectivity index (χ0v) is 19.8. The Morgan fingerprint density at radius 2 is 1.91 bits per heavy atom. The Kier molecular flexibility index (Phi) is 5.98. The number of fused-ring (bicyclic) bond motifs is 2. The summed E-state index contributed by atoms with van der Waals surface area (Å²) in [5.41, 5.74) is 0.955. The Morgan fingerprint density at radius 1 is 1.14 bits per heavy atom. The SMILES string of the molecule is O=C(Nc1ccc2c(c1)S(=O)(=O)N(c1ccc(C(F)(F)F)cc1)CCO2)c1csc2c1CNCC2. The summed E-state index contributed by atoms with van der Waals surface area (Å²) in [5.74, 6) is -0.243. The number of carbonyl (C=O) groups is 1. The molecule has 35 heavy (non-hydrogen) atoms. The molecule has 5 rings (SSSR count). The highest BCUT2D eigenvalue weighted by Gasteiger charge is 2.34. The number of nitrogens with one attached hydrogen (secondary N) is 2. The van der Waals surface area contributed by atoms with Crippen LogP contribution in [-0.4, -0.2) is 34.0 Å². The van der Waals surface area contributed by atoms with E-state index in [0.29, 0.717) is 12.1 Å². The average Bonchev–Trinajstić information content (AvgIpc) is 3.21. The molecular weight excluding hydrogens is 503 g/mol. The van der Waals surface area contributed by atoms with Crippen molar-refractivity contribution in [3.05, 3.63) is 69.4 Å². The molecular formula is C23H20F3N3O4S2. The zero-order chi connectivity index (χ0) is 24.8. The average molecular weight is 524 g/mol. The summed E-state index contributed by atoms with van der Waals surface area (Å²) in [7, 11) is -4.18. The fourth-order valence-corrected chi connectivity index (χ4v) is 6.76. The molecule has 0 atom stereocenters. The van der Waals surface area contributed by atoms with Gasteiger partial charge in [0.05, 0.1) is 23.4 Å². The highest BCUT2D eigenvalue weighted by atomic mass is 32.2. The number of nitrogens with zero attached hydrogens (tertiary/aromatic N) is 1. The van der Waals surface area contributed by atoms with Crippen LogP contribution in [-0.2, 0) is 29.2 Å². The van der Waals surface area contributed by atoms with Gasteiger partial charge in [0.1, 0.15) is 17.3 Å². The number of hydrogen-bond acceptors (Lipinski definition) is 6. The molecule has 0 saturated carbocycles. The molecule has 0 unspecified atom stereocenters. The van der Waals surface area contributed by atoms with Gasteiger partial charge < -0.3 is 15.4 Å². The molecule has 2 aliphatic rings. The number of thiophene rings is 1. The van der Waals surface area contributed by atoms with E-state index in [0.717, 1.165) is 52.0 Å². The van der Waals surface area contributed by atoms with Crippen molar-refractivity contribution in [2.45, 2.75) is 24.0 Å². The first-order valence-corrected chi connectivity index (χ1v) is 13.0. The van der Waals surface area contributed by atoms with Crippen molar-refractivity contribution in [3.8, 4) is 5.75 Å². The lowest BCUT2D eigenvalue weighted by Gasteiger charge is -2.22. The highest BCUT2D eigenvalue weighted by Crippen LogP contribution is 2.36. The Labute approximate surface area is 203 Å². The van der Waals surface area contributed by atoms with Crippen LogP contribution < -0.4 is 19.7 Å². The second-order valence-corrected chi connectivity index (χ2v) is 10.9. The number of amides is 1. The van der Waals surface area contributed by atoms with Gasteiger partial charge in [-0.2, -0.15) is 13.2 Å². The molecule has 184 valence electrons. The second kappa shape index (κ2) is 8.85. The molecule has 1 amide bonds. The number of ether oxygens (including phenoxy) is 1. The van der Waals surface area contributed by atoms with Gasteiger partial charge in [-0.1, -0.05) is 0 Å². The van der Waals surface area contributed by atoms with Crippen LogP contribution in [0.5, 0.6) is 5.75 Å². The van der Waals surface area contributed by atoms with Gasteiger partial charge in [0.25, 0.3) is 15.9 Å². The molecule has 0 radical (unpaired) electrons. The summed E-state index contributed by atoms with van der Waals surface area (Å²) in [6, 6.07) is 8.23.